The molecule has 0 aliphatic heterocycles. The molecule has 3 N–H and O–H groups in total. The number of unbranched alkanes of at least 4 members (excludes halogenated alkanes) is 2. The van der Waals surface area contributed by atoms with Gasteiger partial charge in [-0.15, -0.1) is 0 Å². The molecule has 1 unspecified atom stereocenters. The van der Waals surface area contributed by atoms with E-state index in [1.54, 1.807) is 14.2 Å². The highest BCUT2D eigenvalue weighted by atomic mass is 28.3. The van der Waals surface area contributed by atoms with Crippen molar-refractivity contribution in [2.75, 3.05) is 27.3 Å². The third kappa shape index (κ3) is 10.0. The van der Waals surface area contributed by atoms with Crippen LogP contribution in [0.4, 0.5) is 0 Å². The van der Waals surface area contributed by atoms with Gasteiger partial charge in [0.1, 0.15) is 0 Å². The molecule has 0 aliphatic carbocycles. The van der Waals surface area contributed by atoms with Crippen LogP contribution >= 0.6 is 0 Å². The van der Waals surface area contributed by atoms with Crippen LogP contribution in [0.1, 0.15) is 45.4 Å². The van der Waals surface area contributed by atoms with Gasteiger partial charge in [0.05, 0.1) is 0 Å². The summed E-state index contributed by atoms with van der Waals surface area (Å²) in [5.74, 6) is 0. The van der Waals surface area contributed by atoms with Gasteiger partial charge in [-0.2, -0.15) is 0 Å². The first-order valence-electron chi connectivity index (χ1n) is 7.27. The SMILES string of the molecule is CCCCCC(CCC[SiH](OC)OC)NCCN. The molecular weight excluding hydrogens is 244 g/mol. The fraction of sp³-hybridized carbons (Fsp3) is 1.00. The first kappa shape index (κ1) is 18.1. The van der Waals surface area contributed by atoms with E-state index in [4.69, 9.17) is 14.6 Å². The minimum Gasteiger partial charge on any atom is -0.400 e. The molecule has 18 heavy (non-hydrogen) atoms. The second-order valence-electron chi connectivity index (χ2n) is 4.77. The van der Waals surface area contributed by atoms with Crippen molar-refractivity contribution in [3.8, 4) is 0 Å². The molecule has 0 heterocycles. The van der Waals surface area contributed by atoms with E-state index >= 15 is 0 Å². The second kappa shape index (κ2) is 13.5. The van der Waals surface area contributed by atoms with Gasteiger partial charge in [-0.1, -0.05) is 32.6 Å². The molecule has 0 aliphatic rings. The van der Waals surface area contributed by atoms with Crippen LogP contribution in [-0.4, -0.2) is 42.6 Å². The molecule has 0 fully saturated rings. The van der Waals surface area contributed by atoms with E-state index in [0.717, 1.165) is 19.1 Å². The first-order chi connectivity index (χ1) is 8.78. The summed E-state index contributed by atoms with van der Waals surface area (Å²) in [6.07, 6.45) is 7.58. The summed E-state index contributed by atoms with van der Waals surface area (Å²) in [7, 11) is 2.15. The van der Waals surface area contributed by atoms with Crippen LogP contribution in [0.2, 0.25) is 6.04 Å². The molecule has 0 aromatic rings. The molecule has 0 aromatic heterocycles. The van der Waals surface area contributed by atoms with Gasteiger partial charge in [0.25, 0.3) is 0 Å². The molecule has 0 saturated heterocycles. The van der Waals surface area contributed by atoms with Crippen molar-refractivity contribution in [3.05, 3.63) is 0 Å². The molecule has 0 rings (SSSR count). The Morgan fingerprint density at radius 3 is 2.33 bits per heavy atom. The van der Waals surface area contributed by atoms with Crippen LogP contribution in [0.15, 0.2) is 0 Å². The number of hydrogen-bond acceptors (Lipinski definition) is 4. The third-order valence-electron chi connectivity index (χ3n) is 3.25. The van der Waals surface area contributed by atoms with Crippen LogP contribution in [0, 0.1) is 0 Å². The monoisotopic (exact) mass is 276 g/mol. The van der Waals surface area contributed by atoms with Crippen LogP contribution in [0.25, 0.3) is 0 Å². The molecule has 0 bridgehead atoms. The molecule has 0 amide bonds. The average Bonchev–Trinajstić information content (AvgIpc) is 2.40. The summed E-state index contributed by atoms with van der Waals surface area (Å²) in [6, 6.07) is 1.71. The van der Waals surface area contributed by atoms with E-state index in [1.165, 1.54) is 38.5 Å². The van der Waals surface area contributed by atoms with Crippen LogP contribution in [0.3, 0.4) is 0 Å². The first-order valence-corrected chi connectivity index (χ1v) is 9.03. The van der Waals surface area contributed by atoms with Gasteiger partial charge in [-0.05, 0) is 18.9 Å². The molecule has 0 spiro atoms. The topological polar surface area (TPSA) is 56.5 Å². The maximum Gasteiger partial charge on any atom is 0.320 e. The standard InChI is InChI=1S/C13H32N2O2Si/c1-4-5-6-8-13(15-11-10-14)9-7-12-18(16-2)17-3/h13,15,18H,4-12,14H2,1-3H3. The highest BCUT2D eigenvalue weighted by Gasteiger charge is 2.12. The van der Waals surface area contributed by atoms with Gasteiger partial charge in [0.15, 0.2) is 0 Å². The molecule has 0 saturated carbocycles. The number of nitrogens with one attached hydrogen (secondary N) is 1. The molecule has 4 nitrogen and oxygen atoms in total. The fourth-order valence-electron chi connectivity index (χ4n) is 2.14. The molecule has 1 atom stereocenters. The van der Waals surface area contributed by atoms with E-state index in [9.17, 15) is 0 Å². The minimum atomic E-state index is -1.36. The summed E-state index contributed by atoms with van der Waals surface area (Å²) < 4.78 is 10.7. The van der Waals surface area contributed by atoms with E-state index < -0.39 is 9.28 Å². The Morgan fingerprint density at radius 1 is 1.11 bits per heavy atom. The Hall–Kier alpha value is 0.0569. The largest absolute Gasteiger partial charge is 0.400 e. The Balaban J connectivity index is 3.76. The quantitative estimate of drug-likeness (QED) is 0.398. The van der Waals surface area contributed by atoms with Crippen molar-refractivity contribution >= 4 is 9.28 Å². The van der Waals surface area contributed by atoms with Crippen molar-refractivity contribution in [1.29, 1.82) is 0 Å². The lowest BCUT2D eigenvalue weighted by atomic mass is 10.0. The van der Waals surface area contributed by atoms with Crippen LogP contribution < -0.4 is 11.1 Å². The van der Waals surface area contributed by atoms with Gasteiger partial charge in [0, 0.05) is 33.4 Å². The lowest BCUT2D eigenvalue weighted by Gasteiger charge is -2.19. The van der Waals surface area contributed by atoms with Crippen molar-refractivity contribution in [2.45, 2.75) is 57.5 Å². The summed E-state index contributed by atoms with van der Waals surface area (Å²) in [5, 5.41) is 3.55. The van der Waals surface area contributed by atoms with Gasteiger partial charge in [0.2, 0.25) is 0 Å². The summed E-state index contributed by atoms with van der Waals surface area (Å²) in [6.45, 7) is 3.89. The second-order valence-corrected chi connectivity index (χ2v) is 7.15. The molecule has 0 aromatic carbocycles. The highest BCUT2D eigenvalue weighted by molar-refractivity contribution is 6.44. The van der Waals surface area contributed by atoms with Crippen molar-refractivity contribution in [3.63, 3.8) is 0 Å². The third-order valence-corrected chi connectivity index (χ3v) is 5.18. The van der Waals surface area contributed by atoms with Gasteiger partial charge in [-0.3, -0.25) is 0 Å². The van der Waals surface area contributed by atoms with Gasteiger partial charge < -0.3 is 19.9 Å². The van der Waals surface area contributed by atoms with Crippen molar-refractivity contribution in [1.82, 2.24) is 5.32 Å². The number of hydrogen-bond donors (Lipinski definition) is 2. The van der Waals surface area contributed by atoms with Crippen LogP contribution in [-0.2, 0) is 8.85 Å². The average molecular weight is 276 g/mol. The zero-order valence-electron chi connectivity index (χ0n) is 12.4. The molecule has 0 radical (unpaired) electrons. The van der Waals surface area contributed by atoms with E-state index in [2.05, 4.69) is 12.2 Å². The fourth-order valence-corrected chi connectivity index (χ4v) is 3.37. The molecule has 110 valence electrons. The lowest BCUT2D eigenvalue weighted by Crippen LogP contribution is -2.33. The summed E-state index contributed by atoms with van der Waals surface area (Å²) in [5.41, 5.74) is 5.56. The predicted octanol–water partition coefficient (Wildman–Crippen LogP) is 1.78. The van der Waals surface area contributed by atoms with Crippen LogP contribution in [0.5, 0.6) is 0 Å². The summed E-state index contributed by atoms with van der Waals surface area (Å²) in [4.78, 5) is 0. The Bertz CT molecular complexity index is 169. The molecule has 5 heteroatoms. The highest BCUT2D eigenvalue weighted by Crippen LogP contribution is 2.11. The zero-order chi connectivity index (χ0) is 13.6. The Kier molecular flexibility index (Phi) is 13.5. The smallest absolute Gasteiger partial charge is 0.320 e. The Morgan fingerprint density at radius 2 is 1.78 bits per heavy atom. The van der Waals surface area contributed by atoms with E-state index in [0.29, 0.717) is 6.04 Å². The zero-order valence-corrected chi connectivity index (χ0v) is 13.6. The lowest BCUT2D eigenvalue weighted by molar-refractivity contribution is 0.275. The molecular formula is C13H32N2O2Si. The number of rotatable bonds is 13. The van der Waals surface area contributed by atoms with Crippen molar-refractivity contribution in [2.24, 2.45) is 5.73 Å². The van der Waals surface area contributed by atoms with E-state index in [1.807, 2.05) is 0 Å². The van der Waals surface area contributed by atoms with Gasteiger partial charge in [-0.25, -0.2) is 0 Å². The maximum absolute atomic E-state index is 5.56. The van der Waals surface area contributed by atoms with Gasteiger partial charge >= 0.3 is 9.28 Å². The maximum atomic E-state index is 5.56. The Labute approximate surface area is 114 Å². The minimum absolute atomic E-state index is 0.614. The summed E-state index contributed by atoms with van der Waals surface area (Å²) >= 11 is 0. The number of nitrogens with two attached hydrogens (primary N) is 1. The predicted molar refractivity (Wildman–Crippen MR) is 80.2 cm³/mol. The van der Waals surface area contributed by atoms with Crippen molar-refractivity contribution < 1.29 is 8.85 Å². The normalized spacial score (nSPS) is 13.2. The van der Waals surface area contributed by atoms with E-state index in [-0.39, 0.29) is 0 Å².